The lowest BCUT2D eigenvalue weighted by molar-refractivity contribution is 0.430. The van der Waals surface area contributed by atoms with Gasteiger partial charge in [0.15, 0.2) is 5.69 Å². The van der Waals surface area contributed by atoms with Gasteiger partial charge in [0.1, 0.15) is 5.82 Å². The van der Waals surface area contributed by atoms with Gasteiger partial charge in [-0.05, 0) is 5.56 Å². The molecule has 0 saturated heterocycles. The molecule has 0 aliphatic carbocycles. The van der Waals surface area contributed by atoms with Crippen molar-refractivity contribution in [1.29, 1.82) is 0 Å². The maximum atomic E-state index is 6.16. The van der Waals surface area contributed by atoms with Crippen LogP contribution in [0.2, 0.25) is 5.02 Å². The van der Waals surface area contributed by atoms with Crippen molar-refractivity contribution < 1.29 is 4.52 Å². The fraction of sp³-hybridized carbons (Fsp3) is 0.250. The number of nitrogens with zero attached hydrogens (tertiary/aromatic N) is 4. The molecule has 7 heteroatoms. The highest BCUT2D eigenvalue weighted by Gasteiger charge is 2.17. The molecule has 23 heavy (non-hydrogen) atoms. The SMILES string of the molecule is CC(C)c1ncc(Cl)c(-c2nc(-c3ccc(CN)cc3)no2)n1. The van der Waals surface area contributed by atoms with Crippen molar-refractivity contribution in [2.75, 3.05) is 0 Å². The summed E-state index contributed by atoms with van der Waals surface area (Å²) in [7, 11) is 0. The Morgan fingerprint density at radius 1 is 1.17 bits per heavy atom. The second-order valence-corrected chi connectivity index (χ2v) is 5.81. The fourth-order valence-corrected chi connectivity index (χ4v) is 2.21. The van der Waals surface area contributed by atoms with Crippen molar-refractivity contribution in [2.24, 2.45) is 5.73 Å². The van der Waals surface area contributed by atoms with E-state index in [1.54, 1.807) is 6.20 Å². The topological polar surface area (TPSA) is 90.7 Å². The maximum absolute atomic E-state index is 6.16. The molecular formula is C16H16ClN5O. The molecule has 118 valence electrons. The molecule has 2 N–H and O–H groups in total. The van der Waals surface area contributed by atoms with E-state index in [4.69, 9.17) is 21.9 Å². The van der Waals surface area contributed by atoms with Gasteiger partial charge in [-0.1, -0.05) is 54.9 Å². The highest BCUT2D eigenvalue weighted by molar-refractivity contribution is 6.32. The van der Waals surface area contributed by atoms with Crippen LogP contribution in [0.3, 0.4) is 0 Å². The number of aromatic nitrogens is 4. The minimum atomic E-state index is 0.178. The molecule has 2 aromatic heterocycles. The number of nitrogens with two attached hydrogens (primary N) is 1. The molecule has 0 bridgehead atoms. The van der Waals surface area contributed by atoms with Gasteiger partial charge in [0, 0.05) is 18.0 Å². The standard InChI is InChI=1S/C16H16ClN5O/c1-9(2)14-19-8-12(17)13(20-14)16-21-15(22-23-16)11-5-3-10(7-18)4-6-11/h3-6,8-9H,7,18H2,1-2H3. The lowest BCUT2D eigenvalue weighted by Gasteiger charge is -2.04. The largest absolute Gasteiger partial charge is 0.332 e. The Hall–Kier alpha value is -2.31. The fourth-order valence-electron chi connectivity index (χ4n) is 2.04. The number of hydrogen-bond acceptors (Lipinski definition) is 6. The average Bonchev–Trinajstić information content (AvgIpc) is 3.05. The monoisotopic (exact) mass is 329 g/mol. The summed E-state index contributed by atoms with van der Waals surface area (Å²) in [4.78, 5) is 13.0. The van der Waals surface area contributed by atoms with Crippen LogP contribution in [0.15, 0.2) is 35.0 Å². The van der Waals surface area contributed by atoms with Crippen LogP contribution in [-0.2, 0) is 6.54 Å². The molecule has 3 aromatic rings. The summed E-state index contributed by atoms with van der Waals surface area (Å²) in [5, 5.41) is 4.38. The van der Waals surface area contributed by atoms with Gasteiger partial charge in [-0.2, -0.15) is 4.98 Å². The van der Waals surface area contributed by atoms with Crippen molar-refractivity contribution in [3.05, 3.63) is 46.9 Å². The van der Waals surface area contributed by atoms with E-state index >= 15 is 0 Å². The highest BCUT2D eigenvalue weighted by Crippen LogP contribution is 2.27. The molecule has 0 unspecified atom stereocenters. The van der Waals surface area contributed by atoms with Gasteiger partial charge in [0.2, 0.25) is 5.82 Å². The summed E-state index contributed by atoms with van der Waals surface area (Å²) >= 11 is 6.16. The summed E-state index contributed by atoms with van der Waals surface area (Å²) in [5.41, 5.74) is 7.92. The third kappa shape index (κ3) is 3.23. The first-order valence-corrected chi connectivity index (χ1v) is 7.62. The second kappa shape index (κ2) is 6.44. The summed E-state index contributed by atoms with van der Waals surface area (Å²) in [6.45, 7) is 4.50. The van der Waals surface area contributed by atoms with E-state index in [2.05, 4.69) is 20.1 Å². The first-order valence-electron chi connectivity index (χ1n) is 7.24. The van der Waals surface area contributed by atoms with Crippen molar-refractivity contribution in [3.8, 4) is 23.0 Å². The predicted octanol–water partition coefficient (Wildman–Crippen LogP) is 3.43. The van der Waals surface area contributed by atoms with E-state index in [0.29, 0.717) is 28.9 Å². The molecule has 6 nitrogen and oxygen atoms in total. The quantitative estimate of drug-likeness (QED) is 0.788. The van der Waals surface area contributed by atoms with Gasteiger partial charge in [-0.3, -0.25) is 0 Å². The number of benzene rings is 1. The van der Waals surface area contributed by atoms with E-state index in [9.17, 15) is 0 Å². The third-order valence-corrected chi connectivity index (χ3v) is 3.63. The number of rotatable bonds is 4. The Bertz CT molecular complexity index is 814. The molecule has 1 aromatic carbocycles. The van der Waals surface area contributed by atoms with Crippen LogP contribution in [0.5, 0.6) is 0 Å². The first kappa shape index (κ1) is 15.6. The van der Waals surface area contributed by atoms with Crippen LogP contribution in [0.4, 0.5) is 0 Å². The zero-order valence-electron chi connectivity index (χ0n) is 12.8. The molecule has 0 aliphatic rings. The minimum absolute atomic E-state index is 0.178. The summed E-state index contributed by atoms with van der Waals surface area (Å²) in [5.74, 6) is 1.61. The van der Waals surface area contributed by atoms with Crippen molar-refractivity contribution in [2.45, 2.75) is 26.3 Å². The first-order chi connectivity index (χ1) is 11.1. The molecule has 0 amide bonds. The second-order valence-electron chi connectivity index (χ2n) is 5.40. The van der Waals surface area contributed by atoms with Gasteiger partial charge in [-0.15, -0.1) is 0 Å². The molecule has 0 spiro atoms. The Balaban J connectivity index is 1.96. The van der Waals surface area contributed by atoms with E-state index < -0.39 is 0 Å². The van der Waals surface area contributed by atoms with Gasteiger partial charge >= 0.3 is 0 Å². The molecule has 3 rings (SSSR count). The maximum Gasteiger partial charge on any atom is 0.278 e. The van der Waals surface area contributed by atoms with Gasteiger partial charge in [0.05, 0.1) is 11.2 Å². The Labute approximate surface area is 138 Å². The molecular weight excluding hydrogens is 314 g/mol. The normalized spacial score (nSPS) is 11.2. The van der Waals surface area contributed by atoms with Crippen LogP contribution in [0, 0.1) is 0 Å². The van der Waals surface area contributed by atoms with E-state index in [-0.39, 0.29) is 11.8 Å². The summed E-state index contributed by atoms with van der Waals surface area (Å²) < 4.78 is 5.32. The van der Waals surface area contributed by atoms with Gasteiger partial charge in [0.25, 0.3) is 5.89 Å². The Morgan fingerprint density at radius 3 is 2.57 bits per heavy atom. The molecule has 0 atom stereocenters. The Kier molecular flexibility index (Phi) is 4.36. The highest BCUT2D eigenvalue weighted by atomic mass is 35.5. The molecule has 0 radical (unpaired) electrons. The van der Waals surface area contributed by atoms with Gasteiger partial charge < -0.3 is 10.3 Å². The molecule has 2 heterocycles. The van der Waals surface area contributed by atoms with E-state index in [0.717, 1.165) is 11.1 Å². The van der Waals surface area contributed by atoms with Crippen LogP contribution in [-0.4, -0.2) is 20.1 Å². The zero-order chi connectivity index (χ0) is 16.4. The minimum Gasteiger partial charge on any atom is -0.332 e. The van der Waals surface area contributed by atoms with Crippen molar-refractivity contribution in [3.63, 3.8) is 0 Å². The molecule has 0 aliphatic heterocycles. The lowest BCUT2D eigenvalue weighted by atomic mass is 10.1. The van der Waals surface area contributed by atoms with Crippen LogP contribution < -0.4 is 5.73 Å². The third-order valence-electron chi connectivity index (χ3n) is 3.36. The Morgan fingerprint density at radius 2 is 1.91 bits per heavy atom. The van der Waals surface area contributed by atoms with Crippen LogP contribution in [0.1, 0.15) is 31.2 Å². The smallest absolute Gasteiger partial charge is 0.278 e. The van der Waals surface area contributed by atoms with Crippen molar-refractivity contribution in [1.82, 2.24) is 20.1 Å². The average molecular weight is 330 g/mol. The van der Waals surface area contributed by atoms with Gasteiger partial charge in [-0.25, -0.2) is 9.97 Å². The van der Waals surface area contributed by atoms with E-state index in [1.807, 2.05) is 38.1 Å². The number of hydrogen-bond donors (Lipinski definition) is 1. The van der Waals surface area contributed by atoms with Crippen LogP contribution in [0.25, 0.3) is 23.0 Å². The van der Waals surface area contributed by atoms with Crippen LogP contribution >= 0.6 is 11.6 Å². The lowest BCUT2D eigenvalue weighted by Crippen LogP contribution is -1.99. The molecule has 0 saturated carbocycles. The summed E-state index contributed by atoms with van der Waals surface area (Å²) in [6.07, 6.45) is 1.55. The zero-order valence-corrected chi connectivity index (χ0v) is 13.6. The number of halogens is 1. The predicted molar refractivity (Wildman–Crippen MR) is 87.8 cm³/mol. The van der Waals surface area contributed by atoms with E-state index in [1.165, 1.54) is 0 Å². The summed E-state index contributed by atoms with van der Waals surface area (Å²) in [6, 6.07) is 7.66. The van der Waals surface area contributed by atoms with Crippen molar-refractivity contribution >= 4 is 11.6 Å². The molecule has 0 fully saturated rings.